The summed E-state index contributed by atoms with van der Waals surface area (Å²) in [6.45, 7) is 4.31. The molecule has 1 aliphatic carbocycles. The van der Waals surface area contributed by atoms with Crippen LogP contribution in [0.3, 0.4) is 0 Å². The van der Waals surface area contributed by atoms with Gasteiger partial charge >= 0.3 is 6.18 Å². The van der Waals surface area contributed by atoms with E-state index < -0.39 is 11.7 Å². The van der Waals surface area contributed by atoms with Gasteiger partial charge in [0, 0.05) is 11.7 Å². The zero-order chi connectivity index (χ0) is 13.3. The molecule has 1 saturated carbocycles. The van der Waals surface area contributed by atoms with E-state index in [2.05, 4.69) is 19.2 Å². The van der Waals surface area contributed by atoms with Gasteiger partial charge in [0.2, 0.25) is 0 Å². The molecule has 1 aromatic rings. The Morgan fingerprint density at radius 1 is 1.17 bits per heavy atom. The smallest absolute Gasteiger partial charge is 0.382 e. The zero-order valence-electron chi connectivity index (χ0n) is 10.6. The number of alkyl halides is 3. The maximum atomic E-state index is 12.8. The molecule has 1 aromatic carbocycles. The van der Waals surface area contributed by atoms with Crippen LogP contribution in [0.1, 0.15) is 32.3 Å². The minimum atomic E-state index is -4.29. The molecule has 1 fully saturated rings. The van der Waals surface area contributed by atoms with Crippen LogP contribution in [0.25, 0.3) is 0 Å². The number of rotatable bonds is 3. The van der Waals surface area contributed by atoms with Crippen molar-refractivity contribution < 1.29 is 13.2 Å². The number of halogens is 3. The van der Waals surface area contributed by atoms with Crippen LogP contribution >= 0.6 is 0 Å². The van der Waals surface area contributed by atoms with Crippen molar-refractivity contribution in [2.45, 2.75) is 38.9 Å². The molecule has 1 nitrogen and oxygen atoms in total. The third-order valence-corrected chi connectivity index (χ3v) is 3.71. The van der Waals surface area contributed by atoms with Gasteiger partial charge in [-0.05, 0) is 36.8 Å². The van der Waals surface area contributed by atoms with Crippen LogP contribution in [-0.2, 0) is 6.18 Å². The van der Waals surface area contributed by atoms with Gasteiger partial charge in [-0.3, -0.25) is 0 Å². The van der Waals surface area contributed by atoms with Crippen molar-refractivity contribution in [1.82, 2.24) is 0 Å². The average molecular weight is 257 g/mol. The summed E-state index contributed by atoms with van der Waals surface area (Å²) in [5, 5.41) is 3.02. The molecular formula is C14H18F3N. The van der Waals surface area contributed by atoms with E-state index in [1.807, 2.05) is 0 Å². The largest absolute Gasteiger partial charge is 0.418 e. The van der Waals surface area contributed by atoms with E-state index in [0.717, 1.165) is 18.9 Å². The molecule has 0 heterocycles. The molecule has 0 aromatic heterocycles. The van der Waals surface area contributed by atoms with Gasteiger partial charge in [0.05, 0.1) is 5.56 Å². The lowest BCUT2D eigenvalue weighted by Crippen LogP contribution is -2.38. The van der Waals surface area contributed by atoms with Crippen LogP contribution in [0.4, 0.5) is 18.9 Å². The number of nitrogens with one attached hydrogen (secondary N) is 1. The van der Waals surface area contributed by atoms with Crippen molar-refractivity contribution in [3.63, 3.8) is 0 Å². The van der Waals surface area contributed by atoms with Crippen LogP contribution in [0.2, 0.25) is 0 Å². The third-order valence-electron chi connectivity index (χ3n) is 3.71. The maximum Gasteiger partial charge on any atom is 0.418 e. The quantitative estimate of drug-likeness (QED) is 0.837. The van der Waals surface area contributed by atoms with Crippen molar-refractivity contribution in [1.29, 1.82) is 0 Å². The van der Waals surface area contributed by atoms with Crippen molar-refractivity contribution in [2.24, 2.45) is 11.8 Å². The fourth-order valence-corrected chi connectivity index (χ4v) is 2.40. The van der Waals surface area contributed by atoms with Gasteiger partial charge in [-0.1, -0.05) is 26.0 Å². The van der Waals surface area contributed by atoms with Gasteiger partial charge in [-0.2, -0.15) is 13.2 Å². The van der Waals surface area contributed by atoms with E-state index in [0.29, 0.717) is 11.8 Å². The Labute approximate surface area is 105 Å². The lowest BCUT2D eigenvalue weighted by atomic mass is 9.73. The first-order valence-electron chi connectivity index (χ1n) is 6.30. The topological polar surface area (TPSA) is 12.0 Å². The average Bonchev–Trinajstić information content (AvgIpc) is 2.21. The molecule has 4 heteroatoms. The molecule has 0 unspecified atom stereocenters. The highest BCUT2D eigenvalue weighted by Crippen LogP contribution is 2.39. The second-order valence-electron chi connectivity index (χ2n) is 5.36. The van der Waals surface area contributed by atoms with Gasteiger partial charge in [-0.15, -0.1) is 0 Å². The molecule has 2 rings (SSSR count). The Morgan fingerprint density at radius 2 is 1.78 bits per heavy atom. The van der Waals surface area contributed by atoms with Crippen LogP contribution in [0.15, 0.2) is 24.3 Å². The normalized spacial score (nSPS) is 23.9. The number of hydrogen-bond donors (Lipinski definition) is 1. The van der Waals surface area contributed by atoms with Crippen LogP contribution < -0.4 is 5.32 Å². The molecule has 0 atom stereocenters. The zero-order valence-corrected chi connectivity index (χ0v) is 10.6. The van der Waals surface area contributed by atoms with Crippen molar-refractivity contribution in [2.75, 3.05) is 5.32 Å². The summed E-state index contributed by atoms with van der Waals surface area (Å²) in [5.41, 5.74) is -0.366. The van der Waals surface area contributed by atoms with E-state index in [1.54, 1.807) is 6.07 Å². The fraction of sp³-hybridized carbons (Fsp3) is 0.571. The Morgan fingerprint density at radius 3 is 2.33 bits per heavy atom. The predicted octanol–water partition coefficient (Wildman–Crippen LogP) is 4.55. The molecule has 0 aliphatic heterocycles. The first kappa shape index (κ1) is 13.2. The summed E-state index contributed by atoms with van der Waals surface area (Å²) >= 11 is 0. The van der Waals surface area contributed by atoms with Gasteiger partial charge < -0.3 is 5.32 Å². The molecule has 1 N–H and O–H groups in total. The Bertz CT molecular complexity index is 406. The Balaban J connectivity index is 2.03. The summed E-state index contributed by atoms with van der Waals surface area (Å²) in [7, 11) is 0. The maximum absolute atomic E-state index is 12.8. The number of hydrogen-bond acceptors (Lipinski definition) is 1. The van der Waals surface area contributed by atoms with E-state index in [-0.39, 0.29) is 11.7 Å². The van der Waals surface area contributed by atoms with E-state index in [1.165, 1.54) is 12.1 Å². The lowest BCUT2D eigenvalue weighted by molar-refractivity contribution is -0.137. The number of anilines is 1. The molecule has 1 aliphatic rings. The molecular weight excluding hydrogens is 239 g/mol. The van der Waals surface area contributed by atoms with Crippen molar-refractivity contribution >= 4 is 5.69 Å². The molecule has 0 spiro atoms. The van der Waals surface area contributed by atoms with Crippen molar-refractivity contribution in [3.05, 3.63) is 29.8 Å². The highest BCUT2D eigenvalue weighted by molar-refractivity contribution is 5.53. The van der Waals surface area contributed by atoms with Gasteiger partial charge in [-0.25, -0.2) is 0 Å². The summed E-state index contributed by atoms with van der Waals surface area (Å²) in [4.78, 5) is 0. The molecule has 0 amide bonds. The standard InChI is InChI=1S/C14H18F3N/c1-9(2)10-7-11(8-10)18-13-6-4-3-5-12(13)14(15,16)17/h3-6,9-11,18H,7-8H2,1-2H3. The van der Waals surface area contributed by atoms with Gasteiger partial charge in [0.15, 0.2) is 0 Å². The van der Waals surface area contributed by atoms with Gasteiger partial charge in [0.1, 0.15) is 0 Å². The van der Waals surface area contributed by atoms with Gasteiger partial charge in [0.25, 0.3) is 0 Å². The summed E-state index contributed by atoms with van der Waals surface area (Å²) in [6.07, 6.45) is -2.36. The first-order chi connectivity index (χ1) is 8.38. The van der Waals surface area contributed by atoms with Crippen LogP contribution in [-0.4, -0.2) is 6.04 Å². The van der Waals surface area contributed by atoms with Crippen molar-refractivity contribution in [3.8, 4) is 0 Å². The minimum absolute atomic E-state index is 0.181. The predicted molar refractivity (Wildman–Crippen MR) is 66.4 cm³/mol. The molecule has 18 heavy (non-hydrogen) atoms. The number of para-hydroxylation sites is 1. The summed E-state index contributed by atoms with van der Waals surface area (Å²) < 4.78 is 38.4. The lowest BCUT2D eigenvalue weighted by Gasteiger charge is -2.39. The second kappa shape index (κ2) is 4.82. The fourth-order valence-electron chi connectivity index (χ4n) is 2.40. The summed E-state index contributed by atoms with van der Waals surface area (Å²) in [5.74, 6) is 1.25. The number of benzene rings is 1. The molecule has 0 radical (unpaired) electrons. The van der Waals surface area contributed by atoms with E-state index in [4.69, 9.17) is 0 Å². The first-order valence-corrected chi connectivity index (χ1v) is 6.30. The Hall–Kier alpha value is -1.19. The molecule has 0 bridgehead atoms. The molecule has 0 saturated heterocycles. The third kappa shape index (κ3) is 2.79. The highest BCUT2D eigenvalue weighted by atomic mass is 19.4. The SMILES string of the molecule is CC(C)C1CC(Nc2ccccc2C(F)(F)F)C1. The second-order valence-corrected chi connectivity index (χ2v) is 5.36. The Kier molecular flexibility index (Phi) is 3.55. The van der Waals surface area contributed by atoms with Crippen LogP contribution in [0, 0.1) is 11.8 Å². The highest BCUT2D eigenvalue weighted by Gasteiger charge is 2.36. The minimum Gasteiger partial charge on any atom is -0.382 e. The van der Waals surface area contributed by atoms with Crippen LogP contribution in [0.5, 0.6) is 0 Å². The molecule has 100 valence electrons. The monoisotopic (exact) mass is 257 g/mol. The van der Waals surface area contributed by atoms with E-state index in [9.17, 15) is 13.2 Å². The summed E-state index contributed by atoms with van der Waals surface area (Å²) in [6, 6.07) is 5.87. The van der Waals surface area contributed by atoms with E-state index >= 15 is 0 Å².